The van der Waals surface area contributed by atoms with Gasteiger partial charge in [0, 0.05) is 6.07 Å². The molecule has 1 fully saturated rings. The van der Waals surface area contributed by atoms with Crippen LogP contribution >= 0.6 is 0 Å². The van der Waals surface area contributed by atoms with Crippen LogP contribution in [0.1, 0.15) is 23.5 Å². The van der Waals surface area contributed by atoms with E-state index >= 15 is 0 Å². The molecule has 0 spiro atoms. The van der Waals surface area contributed by atoms with Crippen molar-refractivity contribution in [3.63, 3.8) is 0 Å². The number of pyridine rings is 1. The van der Waals surface area contributed by atoms with Crippen LogP contribution < -0.4 is 16.0 Å². The second-order valence-electron chi connectivity index (χ2n) is 5.37. The predicted molar refractivity (Wildman–Crippen MR) is 75.7 cm³/mol. The van der Waals surface area contributed by atoms with E-state index in [1.807, 2.05) is 0 Å². The fourth-order valence-corrected chi connectivity index (χ4v) is 2.21. The first-order chi connectivity index (χ1) is 10.8. The normalized spacial score (nSPS) is 28.3. The van der Waals surface area contributed by atoms with Crippen molar-refractivity contribution in [2.24, 2.45) is 11.5 Å². The molecule has 0 aliphatic carbocycles. The van der Waals surface area contributed by atoms with Crippen LogP contribution in [0.4, 0.5) is 0 Å². The van der Waals surface area contributed by atoms with E-state index in [0.29, 0.717) is 0 Å². The molecule has 5 atom stereocenters. The highest BCUT2D eigenvalue weighted by atomic mass is 16.6. The molecule has 1 amide bonds. The first-order valence-electron chi connectivity index (χ1n) is 7.05. The van der Waals surface area contributed by atoms with Crippen LogP contribution in [0.2, 0.25) is 0 Å². The van der Waals surface area contributed by atoms with Crippen molar-refractivity contribution in [1.29, 1.82) is 0 Å². The van der Waals surface area contributed by atoms with Gasteiger partial charge in [0.15, 0.2) is 18.5 Å². The van der Waals surface area contributed by atoms with Gasteiger partial charge in [0.2, 0.25) is 0 Å². The van der Waals surface area contributed by atoms with Crippen molar-refractivity contribution in [2.75, 3.05) is 6.61 Å². The summed E-state index contributed by atoms with van der Waals surface area (Å²) in [5.74, 6) is -1.27. The van der Waals surface area contributed by atoms with Crippen LogP contribution in [0.25, 0.3) is 0 Å². The number of nitrogens with two attached hydrogens (primary N) is 2. The highest BCUT2D eigenvalue weighted by molar-refractivity contribution is 5.92. The summed E-state index contributed by atoms with van der Waals surface area (Å²) >= 11 is 0. The smallest absolute Gasteiger partial charge is 0.322 e. The fourth-order valence-electron chi connectivity index (χ4n) is 2.21. The maximum absolute atomic E-state index is 11.4. The molecule has 1 aromatic rings. The summed E-state index contributed by atoms with van der Waals surface area (Å²) in [7, 11) is 0. The van der Waals surface area contributed by atoms with E-state index in [4.69, 9.17) is 20.9 Å². The maximum atomic E-state index is 11.4. The molecular formula is C14H20N3O6+. The number of carbonyl (C=O) groups excluding carboxylic acids is 2. The Labute approximate surface area is 132 Å². The minimum atomic E-state index is -1.26. The third kappa shape index (κ3) is 3.82. The molecule has 0 bridgehead atoms. The maximum Gasteiger partial charge on any atom is 0.322 e. The SMILES string of the molecule is C[C@H](N)C(=O)OC[C@H]1O[C@@H]([n+]2cccc(C(N)=O)c2)[C@H](O)[C@@H]1O. The van der Waals surface area contributed by atoms with E-state index in [1.165, 1.54) is 23.8 Å². The lowest BCUT2D eigenvalue weighted by Crippen LogP contribution is -2.46. The lowest BCUT2D eigenvalue weighted by molar-refractivity contribution is -0.765. The monoisotopic (exact) mass is 326 g/mol. The molecular weight excluding hydrogens is 306 g/mol. The van der Waals surface area contributed by atoms with E-state index in [9.17, 15) is 19.8 Å². The number of hydrogen-bond donors (Lipinski definition) is 4. The van der Waals surface area contributed by atoms with Crippen molar-refractivity contribution in [2.45, 2.75) is 37.5 Å². The molecule has 1 saturated heterocycles. The van der Waals surface area contributed by atoms with Crippen molar-refractivity contribution >= 4 is 11.9 Å². The molecule has 9 nitrogen and oxygen atoms in total. The Balaban J connectivity index is 2.09. The molecule has 0 radical (unpaired) electrons. The lowest BCUT2D eigenvalue weighted by atomic mass is 10.1. The van der Waals surface area contributed by atoms with Gasteiger partial charge in [0.05, 0.1) is 0 Å². The molecule has 1 aliphatic heterocycles. The largest absolute Gasteiger partial charge is 0.462 e. The number of aliphatic hydroxyl groups excluding tert-OH is 2. The van der Waals surface area contributed by atoms with E-state index in [0.717, 1.165) is 0 Å². The minimum Gasteiger partial charge on any atom is -0.462 e. The minimum absolute atomic E-state index is 0.227. The van der Waals surface area contributed by atoms with E-state index < -0.39 is 42.5 Å². The zero-order valence-corrected chi connectivity index (χ0v) is 12.5. The Hall–Kier alpha value is -2.07. The van der Waals surface area contributed by atoms with Crippen LogP contribution in [0, 0.1) is 0 Å². The molecule has 0 saturated carbocycles. The Bertz CT molecular complexity index is 594. The number of aliphatic hydroxyl groups is 2. The summed E-state index contributed by atoms with van der Waals surface area (Å²) in [4.78, 5) is 22.6. The summed E-state index contributed by atoms with van der Waals surface area (Å²) in [5.41, 5.74) is 10.8. The third-order valence-corrected chi connectivity index (χ3v) is 3.50. The fraction of sp³-hybridized carbons (Fsp3) is 0.500. The number of amides is 1. The summed E-state index contributed by atoms with van der Waals surface area (Å²) in [6, 6.07) is 2.28. The number of hydrogen-bond acceptors (Lipinski definition) is 7. The molecule has 23 heavy (non-hydrogen) atoms. The van der Waals surface area contributed by atoms with Gasteiger partial charge in [-0.1, -0.05) is 0 Å². The van der Waals surface area contributed by atoms with Gasteiger partial charge in [-0.3, -0.25) is 9.59 Å². The molecule has 2 heterocycles. The van der Waals surface area contributed by atoms with Gasteiger partial charge < -0.3 is 31.2 Å². The Kier molecular flexibility index (Phi) is 5.26. The van der Waals surface area contributed by atoms with Crippen LogP contribution in [0.5, 0.6) is 0 Å². The average Bonchev–Trinajstić information content (AvgIpc) is 2.80. The summed E-state index contributed by atoms with van der Waals surface area (Å²) in [6.07, 6.45) is -1.42. The third-order valence-electron chi connectivity index (χ3n) is 3.50. The molecule has 1 aliphatic rings. The highest BCUT2D eigenvalue weighted by Crippen LogP contribution is 2.25. The number of nitrogens with zero attached hydrogens (tertiary/aromatic N) is 1. The van der Waals surface area contributed by atoms with Gasteiger partial charge in [-0.05, 0) is 13.0 Å². The summed E-state index contributed by atoms with van der Waals surface area (Å²) in [6.45, 7) is 1.22. The summed E-state index contributed by atoms with van der Waals surface area (Å²) in [5, 5.41) is 20.1. The quantitative estimate of drug-likeness (QED) is 0.347. The van der Waals surface area contributed by atoms with Crippen LogP contribution in [-0.2, 0) is 14.3 Å². The molecule has 9 heteroatoms. The number of primary amides is 1. The van der Waals surface area contributed by atoms with E-state index in [1.54, 1.807) is 12.3 Å². The standard InChI is InChI=1S/C14H19N3O6/c1-7(15)14(21)22-6-9-10(18)11(19)13(23-9)17-4-2-3-8(5-17)12(16)20/h2-5,7,9-11,13,18-19H,6,15H2,1H3,(H-,16,20)/p+1/t7-,9+,10+,11+,13+/m0/s1. The average molecular weight is 326 g/mol. The van der Waals surface area contributed by atoms with Crippen molar-refractivity contribution < 1.29 is 33.8 Å². The van der Waals surface area contributed by atoms with Crippen molar-refractivity contribution in [1.82, 2.24) is 0 Å². The predicted octanol–water partition coefficient (Wildman–Crippen LogP) is -2.42. The Morgan fingerprint density at radius 3 is 2.74 bits per heavy atom. The second-order valence-corrected chi connectivity index (χ2v) is 5.37. The van der Waals surface area contributed by atoms with E-state index in [-0.39, 0.29) is 12.2 Å². The van der Waals surface area contributed by atoms with Crippen molar-refractivity contribution in [3.8, 4) is 0 Å². The molecule has 1 aromatic heterocycles. The number of aromatic nitrogens is 1. The van der Waals surface area contributed by atoms with Gasteiger partial charge >= 0.3 is 5.97 Å². The summed E-state index contributed by atoms with van der Waals surface area (Å²) < 4.78 is 11.9. The van der Waals surface area contributed by atoms with E-state index in [2.05, 4.69) is 0 Å². The Morgan fingerprint density at radius 1 is 1.43 bits per heavy atom. The van der Waals surface area contributed by atoms with Gasteiger partial charge in [0.25, 0.3) is 12.1 Å². The zero-order valence-electron chi connectivity index (χ0n) is 12.5. The molecule has 2 rings (SSSR count). The highest BCUT2D eigenvalue weighted by Gasteiger charge is 2.48. The number of carbonyl (C=O) groups is 2. The topological polar surface area (TPSA) is 149 Å². The van der Waals surface area contributed by atoms with Gasteiger partial charge in [-0.15, -0.1) is 0 Å². The van der Waals surface area contributed by atoms with Gasteiger partial charge in [-0.2, -0.15) is 4.57 Å². The number of rotatable bonds is 5. The van der Waals surface area contributed by atoms with Crippen LogP contribution in [-0.4, -0.2) is 53.1 Å². The van der Waals surface area contributed by atoms with Crippen LogP contribution in [0.15, 0.2) is 24.5 Å². The molecule has 0 aromatic carbocycles. The van der Waals surface area contributed by atoms with Gasteiger partial charge in [0.1, 0.15) is 30.4 Å². The lowest BCUT2D eigenvalue weighted by Gasteiger charge is -2.14. The van der Waals surface area contributed by atoms with Crippen LogP contribution in [0.3, 0.4) is 0 Å². The number of ether oxygens (including phenoxy) is 2. The molecule has 6 N–H and O–H groups in total. The Morgan fingerprint density at radius 2 is 2.13 bits per heavy atom. The second kappa shape index (κ2) is 7.01. The first-order valence-corrected chi connectivity index (χ1v) is 7.05. The molecule has 126 valence electrons. The zero-order chi connectivity index (χ0) is 17.1. The molecule has 0 unspecified atom stereocenters. The first kappa shape index (κ1) is 17.3. The number of esters is 1. The van der Waals surface area contributed by atoms with Gasteiger partial charge in [-0.25, -0.2) is 0 Å². The van der Waals surface area contributed by atoms with Crippen molar-refractivity contribution in [3.05, 3.63) is 30.1 Å².